The van der Waals surface area contributed by atoms with Crippen LogP contribution in [0.25, 0.3) is 0 Å². The fourth-order valence-corrected chi connectivity index (χ4v) is 5.21. The summed E-state index contributed by atoms with van der Waals surface area (Å²) in [5.41, 5.74) is 2.00. The Morgan fingerprint density at radius 3 is 2.78 bits per heavy atom. The Kier molecular flexibility index (Phi) is 6.48. The quantitative estimate of drug-likeness (QED) is 0.500. The van der Waals surface area contributed by atoms with E-state index in [4.69, 9.17) is 14.3 Å². The SMILES string of the molecule is O=C(CN(Cc1ccccc1)CC1CCCO1)N1N=C(c2ccco2)CC1c1cccs1. The maximum atomic E-state index is 13.6. The van der Waals surface area contributed by atoms with Gasteiger partial charge in [0.25, 0.3) is 5.91 Å². The van der Waals surface area contributed by atoms with Crippen LogP contribution in [-0.2, 0) is 16.1 Å². The summed E-state index contributed by atoms with van der Waals surface area (Å²) in [6, 6.07) is 18.0. The lowest BCUT2D eigenvalue weighted by Gasteiger charge is -2.28. The molecule has 0 aliphatic carbocycles. The summed E-state index contributed by atoms with van der Waals surface area (Å²) in [6.07, 6.45) is 4.61. The summed E-state index contributed by atoms with van der Waals surface area (Å²) in [5, 5.41) is 8.42. The highest BCUT2D eigenvalue weighted by molar-refractivity contribution is 7.10. The summed E-state index contributed by atoms with van der Waals surface area (Å²) in [7, 11) is 0. The van der Waals surface area contributed by atoms with E-state index in [9.17, 15) is 4.79 Å². The molecule has 7 heteroatoms. The number of hydrogen-bond acceptors (Lipinski definition) is 6. The summed E-state index contributed by atoms with van der Waals surface area (Å²) in [6.45, 7) is 2.55. The standard InChI is InChI=1S/C25H27N3O3S/c29-25(18-27(17-20-9-4-12-30-20)16-19-7-2-1-3-8-19)28-22(24-11-6-14-32-24)15-21(26-28)23-10-5-13-31-23/h1-3,5-8,10-11,13-14,20,22H,4,9,12,15-18H2. The topological polar surface area (TPSA) is 58.3 Å². The van der Waals surface area contributed by atoms with Gasteiger partial charge in [-0.1, -0.05) is 36.4 Å². The molecule has 2 aromatic heterocycles. The minimum absolute atomic E-state index is 0.00103. The zero-order valence-corrected chi connectivity index (χ0v) is 18.7. The third-order valence-electron chi connectivity index (χ3n) is 5.94. The molecule has 166 valence electrons. The first-order valence-electron chi connectivity index (χ1n) is 11.1. The van der Waals surface area contributed by atoms with E-state index in [2.05, 4.69) is 23.1 Å². The van der Waals surface area contributed by atoms with Gasteiger partial charge in [0.2, 0.25) is 0 Å². The van der Waals surface area contributed by atoms with Gasteiger partial charge in [0, 0.05) is 31.0 Å². The summed E-state index contributed by atoms with van der Waals surface area (Å²) >= 11 is 1.66. The molecular weight excluding hydrogens is 422 g/mol. The molecule has 2 unspecified atom stereocenters. The normalized spacial score (nSPS) is 20.8. The van der Waals surface area contributed by atoms with Crippen LogP contribution in [0.5, 0.6) is 0 Å². The maximum absolute atomic E-state index is 13.6. The van der Waals surface area contributed by atoms with Gasteiger partial charge in [-0.25, -0.2) is 5.01 Å². The van der Waals surface area contributed by atoms with Crippen LogP contribution >= 0.6 is 11.3 Å². The number of carbonyl (C=O) groups is 1. The zero-order chi connectivity index (χ0) is 21.8. The second-order valence-electron chi connectivity index (χ2n) is 8.29. The third kappa shape index (κ3) is 4.85. The first-order valence-corrected chi connectivity index (χ1v) is 12.0. The molecule has 1 amide bonds. The molecule has 0 saturated carbocycles. The van der Waals surface area contributed by atoms with Crippen LogP contribution in [0.4, 0.5) is 0 Å². The number of rotatable bonds is 8. The van der Waals surface area contributed by atoms with E-state index in [1.54, 1.807) is 22.6 Å². The van der Waals surface area contributed by atoms with Crippen molar-refractivity contribution in [2.75, 3.05) is 19.7 Å². The van der Waals surface area contributed by atoms with E-state index >= 15 is 0 Å². The highest BCUT2D eigenvalue weighted by atomic mass is 32.1. The highest BCUT2D eigenvalue weighted by Crippen LogP contribution is 2.35. The van der Waals surface area contributed by atoms with Crippen LogP contribution in [-0.4, -0.2) is 47.3 Å². The van der Waals surface area contributed by atoms with Gasteiger partial charge in [-0.3, -0.25) is 9.69 Å². The molecule has 3 aromatic rings. The minimum atomic E-state index is -0.0936. The molecule has 1 saturated heterocycles. The molecule has 1 aromatic carbocycles. The predicted molar refractivity (Wildman–Crippen MR) is 124 cm³/mol. The van der Waals surface area contributed by atoms with Crippen molar-refractivity contribution in [1.82, 2.24) is 9.91 Å². The van der Waals surface area contributed by atoms with E-state index in [0.29, 0.717) is 19.5 Å². The maximum Gasteiger partial charge on any atom is 0.257 e. The lowest BCUT2D eigenvalue weighted by Crippen LogP contribution is -2.41. The van der Waals surface area contributed by atoms with Gasteiger partial charge in [0.1, 0.15) is 11.5 Å². The predicted octanol–water partition coefficient (Wildman–Crippen LogP) is 4.70. The molecular formula is C25H27N3O3S. The molecule has 2 aliphatic heterocycles. The summed E-state index contributed by atoms with van der Waals surface area (Å²) < 4.78 is 11.4. The van der Waals surface area contributed by atoms with E-state index in [0.717, 1.165) is 42.3 Å². The number of carbonyl (C=O) groups excluding carboxylic acids is 1. The van der Waals surface area contributed by atoms with Gasteiger partial charge < -0.3 is 9.15 Å². The van der Waals surface area contributed by atoms with E-state index in [-0.39, 0.29) is 18.1 Å². The average Bonchev–Trinajstić information content (AvgIpc) is 3.61. The van der Waals surface area contributed by atoms with Crippen molar-refractivity contribution in [2.24, 2.45) is 5.10 Å². The van der Waals surface area contributed by atoms with Gasteiger partial charge in [-0.15, -0.1) is 11.3 Å². The van der Waals surface area contributed by atoms with Crippen molar-refractivity contribution >= 4 is 23.0 Å². The second-order valence-corrected chi connectivity index (χ2v) is 9.27. The molecule has 5 rings (SSSR count). The Morgan fingerprint density at radius 1 is 1.16 bits per heavy atom. The minimum Gasteiger partial charge on any atom is -0.463 e. The second kappa shape index (κ2) is 9.81. The number of hydrogen-bond donors (Lipinski definition) is 0. The van der Waals surface area contributed by atoms with Gasteiger partial charge in [-0.2, -0.15) is 5.10 Å². The van der Waals surface area contributed by atoms with Crippen LogP contribution < -0.4 is 0 Å². The van der Waals surface area contributed by atoms with Crippen molar-refractivity contribution in [2.45, 2.75) is 38.0 Å². The first kappa shape index (κ1) is 21.1. The average molecular weight is 450 g/mol. The van der Waals surface area contributed by atoms with E-state index in [1.807, 2.05) is 41.8 Å². The van der Waals surface area contributed by atoms with Crippen molar-refractivity contribution in [1.29, 1.82) is 0 Å². The Bertz CT molecular complexity index is 1030. The number of hydrazone groups is 1. The number of amides is 1. The van der Waals surface area contributed by atoms with Crippen molar-refractivity contribution in [3.8, 4) is 0 Å². The monoisotopic (exact) mass is 449 g/mol. The smallest absolute Gasteiger partial charge is 0.257 e. The number of benzene rings is 1. The Balaban J connectivity index is 1.36. The molecule has 0 spiro atoms. The van der Waals surface area contributed by atoms with Gasteiger partial charge in [0.05, 0.1) is 25.0 Å². The third-order valence-corrected chi connectivity index (χ3v) is 6.91. The summed E-state index contributed by atoms with van der Waals surface area (Å²) in [5.74, 6) is 0.723. The van der Waals surface area contributed by atoms with Gasteiger partial charge >= 0.3 is 0 Å². The Labute approximate surface area is 192 Å². The van der Waals surface area contributed by atoms with Crippen LogP contribution in [0.3, 0.4) is 0 Å². The Hall–Kier alpha value is -2.74. The zero-order valence-electron chi connectivity index (χ0n) is 17.9. The van der Waals surface area contributed by atoms with Crippen LogP contribution in [0, 0.1) is 0 Å². The lowest BCUT2D eigenvalue weighted by atomic mass is 10.1. The van der Waals surface area contributed by atoms with Gasteiger partial charge in [-0.05, 0) is 42.0 Å². The Morgan fingerprint density at radius 2 is 2.06 bits per heavy atom. The first-order chi connectivity index (χ1) is 15.8. The fourth-order valence-electron chi connectivity index (χ4n) is 4.40. The van der Waals surface area contributed by atoms with Crippen LogP contribution in [0.1, 0.15) is 41.5 Å². The van der Waals surface area contributed by atoms with Crippen molar-refractivity contribution in [3.05, 3.63) is 82.4 Å². The van der Waals surface area contributed by atoms with Crippen LogP contribution in [0.15, 0.2) is 75.8 Å². The highest BCUT2D eigenvalue weighted by Gasteiger charge is 2.35. The number of thiophene rings is 1. The molecule has 2 atom stereocenters. The molecule has 0 radical (unpaired) electrons. The van der Waals surface area contributed by atoms with E-state index in [1.165, 1.54) is 5.56 Å². The largest absolute Gasteiger partial charge is 0.463 e. The molecule has 32 heavy (non-hydrogen) atoms. The molecule has 6 nitrogen and oxygen atoms in total. The summed E-state index contributed by atoms with van der Waals surface area (Å²) in [4.78, 5) is 16.9. The van der Waals surface area contributed by atoms with Crippen molar-refractivity contribution < 1.29 is 13.9 Å². The lowest BCUT2D eigenvalue weighted by molar-refractivity contribution is -0.134. The molecule has 0 N–H and O–H groups in total. The molecule has 1 fully saturated rings. The van der Waals surface area contributed by atoms with E-state index < -0.39 is 0 Å². The van der Waals surface area contributed by atoms with Gasteiger partial charge in [0.15, 0.2) is 0 Å². The fraction of sp³-hybridized carbons (Fsp3) is 0.360. The number of nitrogens with zero attached hydrogens (tertiary/aromatic N) is 3. The number of furan rings is 1. The molecule has 2 aliphatic rings. The molecule has 4 heterocycles. The molecule has 0 bridgehead atoms. The van der Waals surface area contributed by atoms with Crippen molar-refractivity contribution in [3.63, 3.8) is 0 Å². The number of ether oxygens (including phenoxy) is 1. The van der Waals surface area contributed by atoms with Crippen LogP contribution in [0.2, 0.25) is 0 Å².